The zero-order valence-corrected chi connectivity index (χ0v) is 12.5. The van der Waals surface area contributed by atoms with Gasteiger partial charge >= 0.3 is 0 Å². The number of benzene rings is 1. The van der Waals surface area contributed by atoms with E-state index in [9.17, 15) is 4.79 Å². The van der Waals surface area contributed by atoms with Crippen LogP contribution in [0.1, 0.15) is 29.2 Å². The monoisotopic (exact) mass is 289 g/mol. The van der Waals surface area contributed by atoms with E-state index in [1.807, 2.05) is 49.6 Å². The zero-order valence-electron chi connectivity index (χ0n) is 11.7. The lowest BCUT2D eigenvalue weighted by Crippen LogP contribution is -2.35. The van der Waals surface area contributed by atoms with Crippen LogP contribution >= 0.6 is 11.3 Å². The number of amides is 1. The fourth-order valence-electron chi connectivity index (χ4n) is 1.93. The zero-order chi connectivity index (χ0) is 14.5. The standard InChI is InChI=1S/C15H19N3OS/c1-10-9-20-13(18-10)8-17-15(19)11(2)14(16)12-6-4-3-5-7-12/h3-7,9,11,14H,8,16H2,1-2H3,(H,17,19). The van der Waals surface area contributed by atoms with Crippen molar-refractivity contribution in [3.05, 3.63) is 52.0 Å². The lowest BCUT2D eigenvalue weighted by atomic mass is 9.95. The molecular formula is C15H19N3OS. The van der Waals surface area contributed by atoms with Crippen molar-refractivity contribution in [1.82, 2.24) is 10.3 Å². The van der Waals surface area contributed by atoms with Gasteiger partial charge in [-0.3, -0.25) is 4.79 Å². The lowest BCUT2D eigenvalue weighted by Gasteiger charge is -2.19. The normalized spacial score (nSPS) is 13.8. The van der Waals surface area contributed by atoms with Crippen LogP contribution in [-0.4, -0.2) is 10.9 Å². The average Bonchev–Trinajstić information content (AvgIpc) is 2.89. The van der Waals surface area contributed by atoms with Gasteiger partial charge in [-0.2, -0.15) is 0 Å². The molecule has 0 fully saturated rings. The van der Waals surface area contributed by atoms with Crippen molar-refractivity contribution in [2.45, 2.75) is 26.4 Å². The van der Waals surface area contributed by atoms with Crippen molar-refractivity contribution in [3.8, 4) is 0 Å². The van der Waals surface area contributed by atoms with Gasteiger partial charge < -0.3 is 11.1 Å². The second-order valence-corrected chi connectivity index (χ2v) is 5.77. The van der Waals surface area contributed by atoms with Gasteiger partial charge in [0.1, 0.15) is 5.01 Å². The van der Waals surface area contributed by atoms with Crippen molar-refractivity contribution in [1.29, 1.82) is 0 Å². The Balaban J connectivity index is 1.91. The molecule has 5 heteroatoms. The highest BCUT2D eigenvalue weighted by Crippen LogP contribution is 2.19. The molecule has 0 aliphatic carbocycles. The van der Waals surface area contributed by atoms with Crippen LogP contribution < -0.4 is 11.1 Å². The molecule has 1 aromatic heterocycles. The number of nitrogens with two attached hydrogens (primary N) is 1. The molecule has 20 heavy (non-hydrogen) atoms. The Labute approximate surface area is 123 Å². The average molecular weight is 289 g/mol. The molecule has 0 bridgehead atoms. The first kappa shape index (κ1) is 14.7. The van der Waals surface area contributed by atoms with Crippen LogP contribution in [-0.2, 0) is 11.3 Å². The minimum Gasteiger partial charge on any atom is -0.349 e. The van der Waals surface area contributed by atoms with E-state index in [1.54, 1.807) is 11.3 Å². The number of hydrogen-bond donors (Lipinski definition) is 2. The molecule has 2 atom stereocenters. The van der Waals surface area contributed by atoms with Crippen LogP contribution in [0.5, 0.6) is 0 Å². The molecule has 0 aliphatic heterocycles. The third kappa shape index (κ3) is 3.65. The molecule has 106 valence electrons. The van der Waals surface area contributed by atoms with Gasteiger partial charge in [0.25, 0.3) is 0 Å². The Morgan fingerprint density at radius 3 is 2.70 bits per heavy atom. The summed E-state index contributed by atoms with van der Waals surface area (Å²) < 4.78 is 0. The molecule has 0 aliphatic rings. The number of carbonyl (C=O) groups excluding carboxylic acids is 1. The molecule has 0 radical (unpaired) electrons. The highest BCUT2D eigenvalue weighted by molar-refractivity contribution is 7.09. The van der Waals surface area contributed by atoms with Gasteiger partial charge in [-0.15, -0.1) is 11.3 Å². The molecule has 1 aromatic carbocycles. The maximum absolute atomic E-state index is 12.1. The molecule has 1 heterocycles. The van der Waals surface area contributed by atoms with Crippen LogP contribution in [0, 0.1) is 12.8 Å². The third-order valence-electron chi connectivity index (χ3n) is 3.22. The Kier molecular flexibility index (Phi) is 4.87. The van der Waals surface area contributed by atoms with Gasteiger partial charge in [-0.05, 0) is 12.5 Å². The number of thiazole rings is 1. The third-order valence-corrected chi connectivity index (χ3v) is 4.18. The number of nitrogens with one attached hydrogen (secondary N) is 1. The molecule has 2 unspecified atom stereocenters. The highest BCUT2D eigenvalue weighted by Gasteiger charge is 2.21. The molecule has 0 saturated carbocycles. The van der Waals surface area contributed by atoms with E-state index >= 15 is 0 Å². The Morgan fingerprint density at radius 1 is 1.40 bits per heavy atom. The summed E-state index contributed by atoms with van der Waals surface area (Å²) in [4.78, 5) is 16.4. The van der Waals surface area contributed by atoms with Gasteiger partial charge in [0, 0.05) is 17.1 Å². The molecule has 0 spiro atoms. The summed E-state index contributed by atoms with van der Waals surface area (Å²) >= 11 is 1.55. The molecule has 3 N–H and O–H groups in total. The van der Waals surface area contributed by atoms with Gasteiger partial charge in [0.15, 0.2) is 0 Å². The second-order valence-electron chi connectivity index (χ2n) is 4.83. The fraction of sp³-hybridized carbons (Fsp3) is 0.333. The molecule has 4 nitrogen and oxygen atoms in total. The molecule has 2 aromatic rings. The van der Waals surface area contributed by atoms with E-state index < -0.39 is 0 Å². The summed E-state index contributed by atoms with van der Waals surface area (Å²) in [5.74, 6) is -0.326. The minimum atomic E-state index is -0.297. The predicted molar refractivity (Wildman–Crippen MR) is 81.2 cm³/mol. The largest absolute Gasteiger partial charge is 0.349 e. The summed E-state index contributed by atoms with van der Waals surface area (Å²) in [6, 6.07) is 9.38. The van der Waals surface area contributed by atoms with E-state index in [4.69, 9.17) is 5.73 Å². The van der Waals surface area contributed by atoms with E-state index in [1.165, 1.54) is 0 Å². The van der Waals surface area contributed by atoms with Gasteiger partial charge in [-0.25, -0.2) is 4.98 Å². The molecule has 0 saturated heterocycles. The van der Waals surface area contributed by atoms with E-state index in [0.29, 0.717) is 6.54 Å². The van der Waals surface area contributed by atoms with Crippen LogP contribution in [0.25, 0.3) is 0 Å². The quantitative estimate of drug-likeness (QED) is 0.888. The number of nitrogens with zero attached hydrogens (tertiary/aromatic N) is 1. The Morgan fingerprint density at radius 2 is 2.10 bits per heavy atom. The van der Waals surface area contributed by atoms with Crippen molar-refractivity contribution in [2.24, 2.45) is 11.7 Å². The maximum atomic E-state index is 12.1. The van der Waals surface area contributed by atoms with Crippen molar-refractivity contribution in [3.63, 3.8) is 0 Å². The smallest absolute Gasteiger partial charge is 0.225 e. The van der Waals surface area contributed by atoms with E-state index in [-0.39, 0.29) is 17.9 Å². The Bertz CT molecular complexity index is 568. The van der Waals surface area contributed by atoms with Crippen LogP contribution in [0.3, 0.4) is 0 Å². The maximum Gasteiger partial charge on any atom is 0.225 e. The van der Waals surface area contributed by atoms with Gasteiger partial charge in [-0.1, -0.05) is 37.3 Å². The van der Waals surface area contributed by atoms with E-state index in [0.717, 1.165) is 16.3 Å². The Hall–Kier alpha value is -1.72. The van der Waals surface area contributed by atoms with Crippen molar-refractivity contribution < 1.29 is 4.79 Å². The highest BCUT2D eigenvalue weighted by atomic mass is 32.1. The first-order valence-corrected chi connectivity index (χ1v) is 7.45. The first-order valence-electron chi connectivity index (χ1n) is 6.57. The summed E-state index contributed by atoms with van der Waals surface area (Å²) in [6.45, 7) is 4.25. The summed E-state index contributed by atoms with van der Waals surface area (Å²) in [7, 11) is 0. The van der Waals surface area contributed by atoms with Crippen LogP contribution in [0.4, 0.5) is 0 Å². The number of carbonyl (C=O) groups is 1. The molecule has 2 rings (SSSR count). The SMILES string of the molecule is Cc1csc(CNC(=O)C(C)C(N)c2ccccc2)n1. The number of aromatic nitrogens is 1. The molecular weight excluding hydrogens is 270 g/mol. The van der Waals surface area contributed by atoms with Gasteiger partial charge in [0.05, 0.1) is 12.5 Å². The van der Waals surface area contributed by atoms with Gasteiger partial charge in [0.2, 0.25) is 5.91 Å². The number of rotatable bonds is 5. The predicted octanol–water partition coefficient (Wildman–Crippen LogP) is 2.40. The number of hydrogen-bond acceptors (Lipinski definition) is 4. The first-order chi connectivity index (χ1) is 9.58. The van der Waals surface area contributed by atoms with E-state index in [2.05, 4.69) is 10.3 Å². The van der Waals surface area contributed by atoms with Crippen molar-refractivity contribution in [2.75, 3.05) is 0 Å². The van der Waals surface area contributed by atoms with Crippen LogP contribution in [0.15, 0.2) is 35.7 Å². The van der Waals surface area contributed by atoms with Crippen LogP contribution in [0.2, 0.25) is 0 Å². The summed E-state index contributed by atoms with van der Waals surface area (Å²) in [5, 5.41) is 5.78. The second kappa shape index (κ2) is 6.63. The number of aryl methyl sites for hydroxylation is 1. The fourth-order valence-corrected chi connectivity index (χ4v) is 2.65. The topological polar surface area (TPSA) is 68.0 Å². The summed E-state index contributed by atoms with van der Waals surface area (Å²) in [5.41, 5.74) is 8.09. The lowest BCUT2D eigenvalue weighted by molar-refractivity contribution is -0.125. The molecule has 1 amide bonds. The van der Waals surface area contributed by atoms with Crippen molar-refractivity contribution >= 4 is 17.2 Å². The minimum absolute atomic E-state index is 0.0470. The summed E-state index contributed by atoms with van der Waals surface area (Å²) in [6.07, 6.45) is 0.